The third kappa shape index (κ3) is 5.46. The molecule has 154 valence electrons. The second kappa shape index (κ2) is 8.80. The second-order valence-corrected chi connectivity index (χ2v) is 10.2. The van der Waals surface area contributed by atoms with Crippen LogP contribution < -0.4 is 0 Å². The lowest BCUT2D eigenvalue weighted by atomic mass is 9.87. The molecule has 8 heteroatoms. The summed E-state index contributed by atoms with van der Waals surface area (Å²) in [4.78, 5) is 17.1. The number of thiazole rings is 1. The van der Waals surface area contributed by atoms with Gasteiger partial charge in [0.15, 0.2) is 0 Å². The topological polar surface area (TPSA) is 79.6 Å². The fourth-order valence-electron chi connectivity index (χ4n) is 2.85. The summed E-state index contributed by atoms with van der Waals surface area (Å²) < 4.78 is 30.4. The van der Waals surface area contributed by atoms with E-state index in [0.717, 1.165) is 28.0 Å². The second-order valence-electron chi connectivity index (χ2n) is 7.83. The van der Waals surface area contributed by atoms with Crippen molar-refractivity contribution in [3.8, 4) is 0 Å². The molecule has 2 rings (SSSR count). The average molecular weight is 426 g/mol. The van der Waals surface area contributed by atoms with E-state index in [9.17, 15) is 18.5 Å². The van der Waals surface area contributed by atoms with Gasteiger partial charge in [-0.25, -0.2) is 4.39 Å². The number of aliphatic hydroxyl groups is 1. The van der Waals surface area contributed by atoms with Crippen LogP contribution >= 0.6 is 11.3 Å². The molecule has 2 aromatic rings. The van der Waals surface area contributed by atoms with Gasteiger partial charge in [0.05, 0.1) is 16.9 Å². The van der Waals surface area contributed by atoms with Crippen molar-refractivity contribution in [2.45, 2.75) is 69.7 Å². The molecule has 0 bridgehead atoms. The number of carbonyl (C=O) groups excluding carboxylic acids is 1. The van der Waals surface area contributed by atoms with Gasteiger partial charge in [0, 0.05) is 10.5 Å². The first kappa shape index (κ1) is 22.6. The predicted octanol–water partition coefficient (Wildman–Crippen LogP) is 5.03. The monoisotopic (exact) mass is 425 g/mol. The summed E-state index contributed by atoms with van der Waals surface area (Å²) in [6.07, 6.45) is 1.39. The molecule has 1 N–H and O–H groups in total. The van der Waals surface area contributed by atoms with Crippen LogP contribution in [0.5, 0.6) is 0 Å². The molecule has 5 nitrogen and oxygen atoms in total. The Morgan fingerprint density at radius 2 is 1.79 bits per heavy atom. The molecule has 0 aliphatic heterocycles. The van der Waals surface area contributed by atoms with Gasteiger partial charge in [0.25, 0.3) is 0 Å². The van der Waals surface area contributed by atoms with Gasteiger partial charge in [-0.15, -0.1) is 21.9 Å². The molecule has 0 aliphatic carbocycles. The minimum atomic E-state index is -1.94. The van der Waals surface area contributed by atoms with Gasteiger partial charge in [-0.3, -0.25) is 9.78 Å². The van der Waals surface area contributed by atoms with Gasteiger partial charge in [-0.05, 0) is 54.5 Å². The van der Waals surface area contributed by atoms with E-state index in [-0.39, 0.29) is 28.4 Å². The van der Waals surface area contributed by atoms with Crippen molar-refractivity contribution in [3.63, 3.8) is 0 Å². The van der Waals surface area contributed by atoms with Crippen LogP contribution in [-0.2, 0) is 31.6 Å². The van der Waals surface area contributed by atoms with E-state index < -0.39 is 22.1 Å². The van der Waals surface area contributed by atoms with Crippen LogP contribution in [0.4, 0.5) is 4.39 Å². The van der Waals surface area contributed by atoms with Crippen molar-refractivity contribution in [2.75, 3.05) is 0 Å². The number of halogens is 1. The molecular formula is C20H26FN2O3S2-. The van der Waals surface area contributed by atoms with Crippen LogP contribution in [0.25, 0.3) is 0 Å². The lowest BCUT2D eigenvalue weighted by Gasteiger charge is -2.19. The number of hydrogen-bond acceptors (Lipinski definition) is 6. The van der Waals surface area contributed by atoms with Gasteiger partial charge in [0.1, 0.15) is 5.82 Å². The van der Waals surface area contributed by atoms with E-state index in [1.807, 2.05) is 27.7 Å². The van der Waals surface area contributed by atoms with Gasteiger partial charge in [-0.2, -0.15) is 0 Å². The molecule has 0 saturated heterocycles. The molecule has 1 aromatic carbocycles. The predicted molar refractivity (Wildman–Crippen MR) is 109 cm³/mol. The number of benzene rings is 1. The molecule has 0 saturated carbocycles. The summed E-state index contributed by atoms with van der Waals surface area (Å²) >= 11 is 1.06. The van der Waals surface area contributed by atoms with E-state index in [1.54, 1.807) is 13.8 Å². The quantitative estimate of drug-likeness (QED) is 0.658. The molecule has 1 heterocycles. The number of hydrogen-bond donors (Lipinski definition) is 1. The Labute approximate surface area is 171 Å². The van der Waals surface area contributed by atoms with Gasteiger partial charge >= 0.3 is 0 Å². The highest BCUT2D eigenvalue weighted by Gasteiger charge is 2.19. The summed E-state index contributed by atoms with van der Waals surface area (Å²) in [5.41, 5.74) is 1.16. The molecule has 0 unspecified atom stereocenters. The summed E-state index contributed by atoms with van der Waals surface area (Å²) in [6, 6.07) is 2.90. The smallest absolute Gasteiger partial charge is 0.227 e. The number of rotatable bonds is 6. The molecular weight excluding hydrogens is 399 g/mol. The third-order valence-corrected chi connectivity index (χ3v) is 6.83. The SMILES string of the molecule is CC(C)c1cc(F)cc(C(C)C)c1CC(=O)N=[S-](=O)c1ncc(C(C)(C)O)s1. The van der Waals surface area contributed by atoms with Gasteiger partial charge in [0.2, 0.25) is 5.91 Å². The highest BCUT2D eigenvalue weighted by atomic mass is 32.2. The average Bonchev–Trinajstić information content (AvgIpc) is 3.06. The van der Waals surface area contributed by atoms with E-state index >= 15 is 0 Å². The maximum absolute atomic E-state index is 14.0. The molecule has 0 fully saturated rings. The minimum Gasteiger partial charge on any atom is -0.437 e. The first-order chi connectivity index (χ1) is 12.9. The largest absolute Gasteiger partial charge is 0.437 e. The normalized spacial score (nSPS) is 13.5. The zero-order chi connectivity index (χ0) is 21.2. The van der Waals surface area contributed by atoms with Crippen LogP contribution in [0.15, 0.2) is 27.0 Å². The molecule has 0 radical (unpaired) electrons. The Balaban J connectivity index is 2.36. The van der Waals surface area contributed by atoms with Crippen LogP contribution in [0.2, 0.25) is 0 Å². The van der Waals surface area contributed by atoms with E-state index in [0.29, 0.717) is 4.88 Å². The van der Waals surface area contributed by atoms with Gasteiger partial charge in [-0.1, -0.05) is 27.7 Å². The summed E-state index contributed by atoms with van der Waals surface area (Å²) in [5.74, 6) is -0.801. The first-order valence-electron chi connectivity index (χ1n) is 9.07. The Morgan fingerprint density at radius 1 is 1.25 bits per heavy atom. The number of nitrogens with zero attached hydrogens (tertiary/aromatic N) is 2. The molecule has 1 amide bonds. The zero-order valence-electron chi connectivity index (χ0n) is 16.9. The van der Waals surface area contributed by atoms with Crippen molar-refractivity contribution in [1.82, 2.24) is 4.98 Å². The van der Waals surface area contributed by atoms with Gasteiger partial charge < -0.3 is 13.7 Å². The van der Waals surface area contributed by atoms with Crippen LogP contribution in [-0.4, -0.2) is 16.0 Å². The van der Waals surface area contributed by atoms with Crippen LogP contribution in [0, 0.1) is 5.82 Å². The van der Waals surface area contributed by atoms with Crippen molar-refractivity contribution in [2.24, 2.45) is 4.36 Å². The summed E-state index contributed by atoms with van der Waals surface area (Å²) in [7, 11) is -1.94. The van der Waals surface area contributed by atoms with E-state index in [4.69, 9.17) is 0 Å². The molecule has 0 atom stereocenters. The fourth-order valence-corrected chi connectivity index (χ4v) is 4.64. The first-order valence-corrected chi connectivity index (χ1v) is 11.0. The number of carbonyl (C=O) groups is 1. The lowest BCUT2D eigenvalue weighted by molar-refractivity contribution is -0.117. The summed E-state index contributed by atoms with van der Waals surface area (Å²) in [6.45, 7) is 11.0. The Bertz CT molecular complexity index is 924. The standard InChI is InChI=1S/C20H26FN2O3S2/c1-11(2)14-7-13(21)8-15(12(3)4)16(14)9-18(24)23-28(26)19-22-10-17(27-19)20(5,6)25/h7-8,10-12,25H,9H2,1-6H3/q-1. The Kier molecular flexibility index (Phi) is 7.12. The Hall–Kier alpha value is -1.64. The number of aromatic nitrogens is 1. The molecule has 0 aliphatic rings. The zero-order valence-corrected chi connectivity index (χ0v) is 18.6. The molecule has 28 heavy (non-hydrogen) atoms. The maximum Gasteiger partial charge on any atom is 0.227 e. The third-order valence-electron chi connectivity index (χ3n) is 4.28. The summed E-state index contributed by atoms with van der Waals surface area (Å²) in [5, 5.41) is 9.99. The Morgan fingerprint density at radius 3 is 2.21 bits per heavy atom. The lowest BCUT2D eigenvalue weighted by Crippen LogP contribution is -2.12. The number of amides is 1. The highest BCUT2D eigenvalue weighted by Crippen LogP contribution is 2.30. The highest BCUT2D eigenvalue weighted by molar-refractivity contribution is 7.77. The van der Waals surface area contributed by atoms with E-state index in [2.05, 4.69) is 9.35 Å². The minimum absolute atomic E-state index is 0.0369. The van der Waals surface area contributed by atoms with Crippen molar-refractivity contribution >= 4 is 27.8 Å². The van der Waals surface area contributed by atoms with Crippen molar-refractivity contribution in [3.05, 3.63) is 45.7 Å². The van der Waals surface area contributed by atoms with Crippen molar-refractivity contribution in [1.29, 1.82) is 0 Å². The fraction of sp³-hybridized carbons (Fsp3) is 0.500. The molecule has 0 spiro atoms. The van der Waals surface area contributed by atoms with Crippen LogP contribution in [0.1, 0.15) is 74.9 Å². The maximum atomic E-state index is 14.0. The van der Waals surface area contributed by atoms with E-state index in [1.165, 1.54) is 18.3 Å². The van der Waals surface area contributed by atoms with Crippen LogP contribution in [0.3, 0.4) is 0 Å². The van der Waals surface area contributed by atoms with Crippen molar-refractivity contribution < 1.29 is 18.5 Å². The molecule has 1 aromatic heterocycles.